The summed E-state index contributed by atoms with van der Waals surface area (Å²) >= 11 is 1.29. The second-order valence-electron chi connectivity index (χ2n) is 5.68. The standard InChI is InChI=1S/C16H19F2N3OS.ClH/c1-3-6-16(2,19)14(22)21-15-20-9-11(23-15)7-10-4-5-12(17)13(18)8-10;/h4-5,8-9H,3,6-7,19H2,1-2H3,(H,20,21,22);1H. The molecule has 0 fully saturated rings. The minimum atomic E-state index is -0.944. The van der Waals surface area contributed by atoms with Crippen LogP contribution >= 0.6 is 23.7 Å². The minimum Gasteiger partial charge on any atom is -0.318 e. The van der Waals surface area contributed by atoms with Crippen molar-refractivity contribution in [3.05, 3.63) is 46.5 Å². The number of nitrogens with two attached hydrogens (primary N) is 1. The van der Waals surface area contributed by atoms with Crippen molar-refractivity contribution in [2.24, 2.45) is 5.73 Å². The third-order valence-corrected chi connectivity index (χ3v) is 4.34. The largest absolute Gasteiger partial charge is 0.318 e. The van der Waals surface area contributed by atoms with Crippen LogP contribution in [-0.4, -0.2) is 16.4 Å². The smallest absolute Gasteiger partial charge is 0.245 e. The van der Waals surface area contributed by atoms with Gasteiger partial charge in [-0.15, -0.1) is 23.7 Å². The van der Waals surface area contributed by atoms with Gasteiger partial charge in [-0.3, -0.25) is 4.79 Å². The maximum atomic E-state index is 13.2. The fraction of sp³-hybridized carbons (Fsp3) is 0.375. The molecule has 0 aliphatic heterocycles. The number of hydrogen-bond donors (Lipinski definition) is 2. The normalized spacial score (nSPS) is 13.0. The Morgan fingerprint density at radius 3 is 2.71 bits per heavy atom. The highest BCUT2D eigenvalue weighted by molar-refractivity contribution is 7.15. The van der Waals surface area contributed by atoms with Crippen molar-refractivity contribution >= 4 is 34.8 Å². The zero-order valence-electron chi connectivity index (χ0n) is 13.4. The van der Waals surface area contributed by atoms with E-state index in [0.29, 0.717) is 23.5 Å². The Morgan fingerprint density at radius 2 is 2.08 bits per heavy atom. The maximum absolute atomic E-state index is 13.2. The van der Waals surface area contributed by atoms with Gasteiger partial charge in [0.25, 0.3) is 0 Å². The Hall–Kier alpha value is -1.57. The molecule has 3 N–H and O–H groups in total. The molecular weight excluding hydrogens is 356 g/mol. The van der Waals surface area contributed by atoms with Crippen molar-refractivity contribution in [2.75, 3.05) is 5.32 Å². The van der Waals surface area contributed by atoms with Crippen LogP contribution in [0.4, 0.5) is 13.9 Å². The fourth-order valence-corrected chi connectivity index (χ4v) is 3.01. The van der Waals surface area contributed by atoms with Gasteiger partial charge in [-0.05, 0) is 31.0 Å². The molecule has 1 unspecified atom stereocenters. The van der Waals surface area contributed by atoms with Gasteiger partial charge < -0.3 is 11.1 Å². The van der Waals surface area contributed by atoms with E-state index in [2.05, 4.69) is 10.3 Å². The number of rotatable bonds is 6. The SMILES string of the molecule is CCCC(C)(N)C(=O)Nc1ncc(Cc2ccc(F)c(F)c2)s1.Cl. The van der Waals surface area contributed by atoms with Gasteiger partial charge in [0, 0.05) is 17.5 Å². The first-order chi connectivity index (χ1) is 10.8. The lowest BCUT2D eigenvalue weighted by Crippen LogP contribution is -2.48. The third-order valence-electron chi connectivity index (χ3n) is 3.42. The van der Waals surface area contributed by atoms with E-state index in [0.717, 1.165) is 23.4 Å². The average Bonchev–Trinajstić information content (AvgIpc) is 2.90. The number of carbonyl (C=O) groups excluding carboxylic acids is 1. The predicted molar refractivity (Wildman–Crippen MR) is 94.7 cm³/mol. The molecule has 2 rings (SSSR count). The number of halogens is 3. The highest BCUT2D eigenvalue weighted by Crippen LogP contribution is 2.23. The number of amides is 1. The summed E-state index contributed by atoms with van der Waals surface area (Å²) in [5.74, 6) is -2.03. The third kappa shape index (κ3) is 5.22. The summed E-state index contributed by atoms with van der Waals surface area (Å²) in [4.78, 5) is 17.1. The Balaban J connectivity index is 0.00000288. The summed E-state index contributed by atoms with van der Waals surface area (Å²) in [7, 11) is 0. The summed E-state index contributed by atoms with van der Waals surface area (Å²) in [6.07, 6.45) is 3.40. The molecule has 1 heterocycles. The zero-order chi connectivity index (χ0) is 17.0. The number of nitrogens with zero attached hydrogens (tertiary/aromatic N) is 1. The molecule has 1 aromatic heterocycles. The minimum absolute atomic E-state index is 0. The molecule has 1 amide bonds. The Morgan fingerprint density at radius 1 is 1.38 bits per heavy atom. The van der Waals surface area contributed by atoms with Crippen molar-refractivity contribution in [3.63, 3.8) is 0 Å². The van der Waals surface area contributed by atoms with Crippen LogP contribution in [0.1, 0.15) is 37.1 Å². The van der Waals surface area contributed by atoms with Crippen LogP contribution < -0.4 is 11.1 Å². The van der Waals surface area contributed by atoms with Gasteiger partial charge in [0.15, 0.2) is 16.8 Å². The van der Waals surface area contributed by atoms with Gasteiger partial charge in [0.05, 0.1) is 5.54 Å². The average molecular weight is 376 g/mol. The molecule has 1 aromatic carbocycles. The van der Waals surface area contributed by atoms with E-state index in [1.165, 1.54) is 17.4 Å². The lowest BCUT2D eigenvalue weighted by atomic mass is 9.97. The highest BCUT2D eigenvalue weighted by atomic mass is 35.5. The van der Waals surface area contributed by atoms with Gasteiger partial charge in [-0.25, -0.2) is 13.8 Å². The number of nitrogens with one attached hydrogen (secondary N) is 1. The number of hydrogen-bond acceptors (Lipinski definition) is 4. The first kappa shape index (κ1) is 20.5. The molecule has 2 aromatic rings. The van der Waals surface area contributed by atoms with E-state index in [1.54, 1.807) is 13.1 Å². The van der Waals surface area contributed by atoms with Crippen LogP contribution in [0.3, 0.4) is 0 Å². The molecular formula is C16H20ClF2N3OS. The summed E-state index contributed by atoms with van der Waals surface area (Å²) in [5.41, 5.74) is 5.66. The van der Waals surface area contributed by atoms with Gasteiger partial charge >= 0.3 is 0 Å². The molecule has 24 heavy (non-hydrogen) atoms. The molecule has 0 radical (unpaired) electrons. The van der Waals surface area contributed by atoms with Crippen LogP contribution in [0, 0.1) is 11.6 Å². The van der Waals surface area contributed by atoms with E-state index >= 15 is 0 Å². The molecule has 0 saturated carbocycles. The summed E-state index contributed by atoms with van der Waals surface area (Å²) in [6, 6.07) is 3.78. The fourth-order valence-electron chi connectivity index (χ4n) is 2.17. The lowest BCUT2D eigenvalue weighted by Gasteiger charge is -2.21. The molecule has 0 saturated heterocycles. The van der Waals surface area contributed by atoms with Crippen molar-refractivity contribution in [3.8, 4) is 0 Å². The van der Waals surface area contributed by atoms with E-state index in [4.69, 9.17) is 5.73 Å². The molecule has 8 heteroatoms. The molecule has 0 bridgehead atoms. The van der Waals surface area contributed by atoms with Crippen LogP contribution in [0.25, 0.3) is 0 Å². The quantitative estimate of drug-likeness (QED) is 0.804. The first-order valence-corrected chi connectivity index (χ1v) is 8.12. The van der Waals surface area contributed by atoms with Crippen molar-refractivity contribution in [2.45, 2.75) is 38.6 Å². The molecule has 0 aliphatic rings. The number of aromatic nitrogens is 1. The van der Waals surface area contributed by atoms with Crippen LogP contribution in [0.5, 0.6) is 0 Å². The molecule has 4 nitrogen and oxygen atoms in total. The van der Waals surface area contributed by atoms with E-state index < -0.39 is 17.2 Å². The van der Waals surface area contributed by atoms with E-state index in [1.807, 2.05) is 6.92 Å². The molecule has 1 atom stereocenters. The second-order valence-corrected chi connectivity index (χ2v) is 6.79. The number of benzene rings is 1. The second kappa shape index (κ2) is 8.50. The number of anilines is 1. The highest BCUT2D eigenvalue weighted by Gasteiger charge is 2.27. The number of carbonyl (C=O) groups is 1. The van der Waals surface area contributed by atoms with Gasteiger partial charge in [-0.1, -0.05) is 19.4 Å². The van der Waals surface area contributed by atoms with Crippen molar-refractivity contribution in [1.82, 2.24) is 4.98 Å². The van der Waals surface area contributed by atoms with Crippen LogP contribution in [-0.2, 0) is 11.2 Å². The van der Waals surface area contributed by atoms with Crippen molar-refractivity contribution in [1.29, 1.82) is 0 Å². The zero-order valence-corrected chi connectivity index (χ0v) is 15.1. The van der Waals surface area contributed by atoms with E-state index in [-0.39, 0.29) is 18.3 Å². The van der Waals surface area contributed by atoms with Crippen LogP contribution in [0.15, 0.2) is 24.4 Å². The molecule has 132 valence electrons. The summed E-state index contributed by atoms with van der Waals surface area (Å²) in [5, 5.41) is 3.15. The van der Waals surface area contributed by atoms with Crippen molar-refractivity contribution < 1.29 is 13.6 Å². The Kier molecular flexibility index (Phi) is 7.26. The molecule has 0 aliphatic carbocycles. The molecule has 0 spiro atoms. The predicted octanol–water partition coefficient (Wildman–Crippen LogP) is 3.89. The lowest BCUT2D eigenvalue weighted by molar-refractivity contribution is -0.120. The summed E-state index contributed by atoms with van der Waals surface area (Å²) < 4.78 is 26.1. The number of thiazole rings is 1. The van der Waals surface area contributed by atoms with Crippen LogP contribution in [0.2, 0.25) is 0 Å². The van der Waals surface area contributed by atoms with E-state index in [9.17, 15) is 13.6 Å². The Labute approximate surface area is 149 Å². The summed E-state index contributed by atoms with van der Waals surface area (Å²) in [6.45, 7) is 3.64. The monoisotopic (exact) mass is 375 g/mol. The van der Waals surface area contributed by atoms with Gasteiger partial charge in [0.2, 0.25) is 5.91 Å². The Bertz CT molecular complexity index is 706. The maximum Gasteiger partial charge on any atom is 0.245 e. The van der Waals surface area contributed by atoms with Gasteiger partial charge in [0.1, 0.15) is 0 Å². The van der Waals surface area contributed by atoms with Gasteiger partial charge in [-0.2, -0.15) is 0 Å². The first-order valence-electron chi connectivity index (χ1n) is 7.31. The topological polar surface area (TPSA) is 68.0 Å².